The molecule has 1 atom stereocenters. The topological polar surface area (TPSA) is 68.0 Å². The predicted octanol–water partition coefficient (Wildman–Crippen LogP) is 2.02. The van der Waals surface area contributed by atoms with E-state index in [1.54, 1.807) is 12.1 Å². The van der Waals surface area contributed by atoms with Crippen molar-refractivity contribution in [3.8, 4) is 0 Å². The number of hydrogen-bond donors (Lipinski definition) is 2. The number of carbonyl (C=O) groups is 1. The van der Waals surface area contributed by atoms with E-state index >= 15 is 0 Å². The molecule has 0 bridgehead atoms. The van der Waals surface area contributed by atoms with Crippen LogP contribution in [0, 0.1) is 0 Å². The maximum Gasteiger partial charge on any atom is 0.270 e. The van der Waals surface area contributed by atoms with Crippen molar-refractivity contribution in [2.75, 3.05) is 0 Å². The van der Waals surface area contributed by atoms with Crippen LogP contribution in [-0.2, 0) is 0 Å². The van der Waals surface area contributed by atoms with Gasteiger partial charge in [0.15, 0.2) is 0 Å². The van der Waals surface area contributed by atoms with Crippen LogP contribution in [0.15, 0.2) is 18.3 Å². The minimum atomic E-state index is -0.159. The fourth-order valence-corrected chi connectivity index (χ4v) is 1.67. The van der Waals surface area contributed by atoms with Crippen LogP contribution < -0.4 is 11.1 Å². The summed E-state index contributed by atoms with van der Waals surface area (Å²) in [7, 11) is 0. The van der Waals surface area contributed by atoms with Gasteiger partial charge in [0.1, 0.15) is 10.7 Å². The van der Waals surface area contributed by atoms with Gasteiger partial charge in [-0.15, -0.1) is 0 Å². The van der Waals surface area contributed by atoms with Crippen molar-refractivity contribution in [3.05, 3.63) is 29.6 Å². The monoisotopic (exact) mass is 265 g/mol. The van der Waals surface area contributed by atoms with Crippen molar-refractivity contribution < 1.29 is 4.79 Å². The standard InChI is InChI=1S/C13H19N3OS/c1-3-4-5-9(2)16-13(17)11-7-6-10(8-15-11)12(14)18/h6-9H,3-5H2,1-2H3,(H2,14,18)(H,16,17). The van der Waals surface area contributed by atoms with E-state index in [9.17, 15) is 4.79 Å². The number of aromatic nitrogens is 1. The molecular weight excluding hydrogens is 246 g/mol. The molecule has 3 N–H and O–H groups in total. The third kappa shape index (κ3) is 4.41. The SMILES string of the molecule is CCCCC(C)NC(=O)c1ccc(C(N)=S)cn1. The minimum absolute atomic E-state index is 0.159. The lowest BCUT2D eigenvalue weighted by atomic mass is 10.1. The molecule has 0 spiro atoms. The highest BCUT2D eigenvalue weighted by molar-refractivity contribution is 7.80. The molecule has 4 nitrogen and oxygen atoms in total. The summed E-state index contributed by atoms with van der Waals surface area (Å²) >= 11 is 4.83. The maximum absolute atomic E-state index is 11.9. The van der Waals surface area contributed by atoms with Crippen molar-refractivity contribution in [2.24, 2.45) is 5.73 Å². The minimum Gasteiger partial charge on any atom is -0.389 e. The Morgan fingerprint density at radius 1 is 1.56 bits per heavy atom. The second-order valence-corrected chi connectivity index (χ2v) is 4.75. The average Bonchev–Trinajstić information content (AvgIpc) is 2.36. The first-order valence-corrected chi connectivity index (χ1v) is 6.52. The summed E-state index contributed by atoms with van der Waals surface area (Å²) in [6, 6.07) is 3.51. The Morgan fingerprint density at radius 3 is 2.78 bits per heavy atom. The lowest BCUT2D eigenvalue weighted by molar-refractivity contribution is 0.0933. The molecule has 0 aromatic carbocycles. The van der Waals surface area contributed by atoms with Gasteiger partial charge in [-0.05, 0) is 25.5 Å². The van der Waals surface area contributed by atoms with Gasteiger partial charge in [0.2, 0.25) is 0 Å². The van der Waals surface area contributed by atoms with E-state index in [1.165, 1.54) is 6.20 Å². The Labute approximate surface area is 113 Å². The van der Waals surface area contributed by atoms with Crippen LogP contribution in [0.2, 0.25) is 0 Å². The Balaban J connectivity index is 2.58. The Kier molecular flexibility index (Phi) is 5.71. The quantitative estimate of drug-likeness (QED) is 0.772. The molecule has 1 unspecified atom stereocenters. The molecule has 1 aromatic heterocycles. The van der Waals surface area contributed by atoms with Crippen LogP contribution >= 0.6 is 12.2 Å². The normalized spacial score (nSPS) is 11.9. The molecule has 1 aromatic rings. The molecule has 1 heterocycles. The van der Waals surface area contributed by atoms with Gasteiger partial charge in [-0.25, -0.2) is 0 Å². The van der Waals surface area contributed by atoms with Crippen LogP contribution in [0.3, 0.4) is 0 Å². The average molecular weight is 265 g/mol. The summed E-state index contributed by atoms with van der Waals surface area (Å²) in [6.45, 7) is 4.13. The van der Waals surface area contributed by atoms with E-state index in [0.29, 0.717) is 11.3 Å². The zero-order chi connectivity index (χ0) is 13.5. The van der Waals surface area contributed by atoms with Gasteiger partial charge in [0.05, 0.1) is 0 Å². The lowest BCUT2D eigenvalue weighted by Crippen LogP contribution is -2.33. The summed E-state index contributed by atoms with van der Waals surface area (Å²) < 4.78 is 0. The van der Waals surface area contributed by atoms with Crippen LogP contribution in [-0.4, -0.2) is 21.9 Å². The molecule has 1 amide bonds. The summed E-state index contributed by atoms with van der Waals surface area (Å²) in [5.74, 6) is -0.159. The first-order chi connectivity index (χ1) is 8.54. The van der Waals surface area contributed by atoms with Gasteiger partial charge in [-0.1, -0.05) is 32.0 Å². The highest BCUT2D eigenvalue weighted by Gasteiger charge is 2.10. The van der Waals surface area contributed by atoms with Crippen LogP contribution in [0.25, 0.3) is 0 Å². The molecule has 5 heteroatoms. The molecule has 1 rings (SSSR count). The molecule has 18 heavy (non-hydrogen) atoms. The first-order valence-electron chi connectivity index (χ1n) is 6.11. The molecule has 0 aliphatic heterocycles. The second kappa shape index (κ2) is 7.06. The van der Waals surface area contributed by atoms with Crippen molar-refractivity contribution in [1.29, 1.82) is 0 Å². The largest absolute Gasteiger partial charge is 0.389 e. The second-order valence-electron chi connectivity index (χ2n) is 4.31. The Hall–Kier alpha value is -1.49. The summed E-state index contributed by atoms with van der Waals surface area (Å²) in [4.78, 5) is 16.2. The van der Waals surface area contributed by atoms with Crippen LogP contribution in [0.4, 0.5) is 0 Å². The van der Waals surface area contributed by atoms with Gasteiger partial charge in [-0.2, -0.15) is 0 Å². The number of nitrogens with zero attached hydrogens (tertiary/aromatic N) is 1. The number of thiocarbonyl (C=S) groups is 1. The van der Waals surface area contributed by atoms with E-state index in [1.807, 2.05) is 6.92 Å². The van der Waals surface area contributed by atoms with E-state index in [2.05, 4.69) is 17.2 Å². The van der Waals surface area contributed by atoms with E-state index in [-0.39, 0.29) is 16.9 Å². The van der Waals surface area contributed by atoms with Crippen LogP contribution in [0.5, 0.6) is 0 Å². The Bertz CT molecular complexity index is 417. The first kappa shape index (κ1) is 14.6. The highest BCUT2D eigenvalue weighted by atomic mass is 32.1. The highest BCUT2D eigenvalue weighted by Crippen LogP contribution is 2.03. The molecule has 0 saturated heterocycles. The summed E-state index contributed by atoms with van der Waals surface area (Å²) in [5.41, 5.74) is 6.52. The lowest BCUT2D eigenvalue weighted by Gasteiger charge is -2.12. The molecule has 0 fully saturated rings. The molecular formula is C13H19N3OS. The molecule has 0 aliphatic rings. The van der Waals surface area contributed by atoms with E-state index in [0.717, 1.165) is 19.3 Å². The molecule has 98 valence electrons. The number of rotatable bonds is 6. The molecule has 0 aliphatic carbocycles. The number of nitrogens with two attached hydrogens (primary N) is 1. The van der Waals surface area contributed by atoms with Crippen molar-refractivity contribution in [2.45, 2.75) is 39.2 Å². The van der Waals surface area contributed by atoms with Gasteiger partial charge in [0, 0.05) is 17.8 Å². The third-order valence-corrected chi connectivity index (χ3v) is 2.88. The number of nitrogens with one attached hydrogen (secondary N) is 1. The summed E-state index contributed by atoms with van der Waals surface area (Å²) in [6.07, 6.45) is 4.73. The van der Waals surface area contributed by atoms with Crippen LogP contribution in [0.1, 0.15) is 49.2 Å². The van der Waals surface area contributed by atoms with E-state index in [4.69, 9.17) is 18.0 Å². The van der Waals surface area contributed by atoms with Gasteiger partial charge in [0.25, 0.3) is 5.91 Å². The summed E-state index contributed by atoms with van der Waals surface area (Å²) in [5, 5.41) is 2.91. The number of unbranched alkanes of at least 4 members (excludes halogenated alkanes) is 1. The van der Waals surface area contributed by atoms with Crippen molar-refractivity contribution >= 4 is 23.1 Å². The zero-order valence-electron chi connectivity index (χ0n) is 10.8. The Morgan fingerprint density at radius 2 is 2.28 bits per heavy atom. The van der Waals surface area contributed by atoms with Gasteiger partial charge in [-0.3, -0.25) is 9.78 Å². The fraction of sp³-hybridized carbons (Fsp3) is 0.462. The predicted molar refractivity (Wildman–Crippen MR) is 76.6 cm³/mol. The maximum atomic E-state index is 11.9. The smallest absolute Gasteiger partial charge is 0.270 e. The molecule has 0 saturated carbocycles. The van der Waals surface area contributed by atoms with Crippen molar-refractivity contribution in [1.82, 2.24) is 10.3 Å². The van der Waals surface area contributed by atoms with Crippen molar-refractivity contribution in [3.63, 3.8) is 0 Å². The fourth-order valence-electron chi connectivity index (χ4n) is 1.55. The number of amides is 1. The van der Waals surface area contributed by atoms with Gasteiger partial charge < -0.3 is 11.1 Å². The third-order valence-electron chi connectivity index (χ3n) is 2.65. The van der Waals surface area contributed by atoms with Gasteiger partial charge >= 0.3 is 0 Å². The zero-order valence-corrected chi connectivity index (χ0v) is 11.6. The van der Waals surface area contributed by atoms with E-state index < -0.39 is 0 Å². The number of hydrogen-bond acceptors (Lipinski definition) is 3. The number of pyridine rings is 1. The molecule has 0 radical (unpaired) electrons. The number of carbonyl (C=O) groups excluding carboxylic acids is 1.